The van der Waals surface area contributed by atoms with E-state index in [9.17, 15) is 0 Å². The third kappa shape index (κ3) is 1.73. The minimum atomic E-state index is -0.387. The second kappa shape index (κ2) is 3.91. The van der Waals surface area contributed by atoms with Gasteiger partial charge in [-0.05, 0) is 39.2 Å². The van der Waals surface area contributed by atoms with Gasteiger partial charge in [0, 0.05) is 12.2 Å². The molecule has 1 saturated carbocycles. The van der Waals surface area contributed by atoms with Gasteiger partial charge in [0.25, 0.3) is 5.89 Å². The Kier molecular flexibility index (Phi) is 2.48. The maximum absolute atomic E-state index is 6.16. The molecule has 0 atom stereocenters. The van der Waals surface area contributed by atoms with E-state index >= 15 is 0 Å². The van der Waals surface area contributed by atoms with E-state index in [-0.39, 0.29) is 5.54 Å². The van der Waals surface area contributed by atoms with Crippen LogP contribution in [0, 0.1) is 0 Å². The number of nitrogens with zero attached hydrogens (tertiary/aromatic N) is 4. The van der Waals surface area contributed by atoms with Gasteiger partial charge < -0.3 is 10.3 Å². The lowest BCUT2D eigenvalue weighted by atomic mass is 9.77. The summed E-state index contributed by atoms with van der Waals surface area (Å²) in [5, 5.41) is 8.38. The summed E-state index contributed by atoms with van der Waals surface area (Å²) in [5.74, 6) is 1.05. The highest BCUT2D eigenvalue weighted by Crippen LogP contribution is 2.37. The molecule has 0 aromatic carbocycles. The SMILES string of the molecule is CC(C)n1ccc(-c2nc(C3(N)CCC3)no2)n1. The summed E-state index contributed by atoms with van der Waals surface area (Å²) in [7, 11) is 0. The topological polar surface area (TPSA) is 82.8 Å². The van der Waals surface area contributed by atoms with Gasteiger partial charge in [-0.2, -0.15) is 10.1 Å². The second-order valence-electron chi connectivity index (χ2n) is 5.21. The zero-order chi connectivity index (χ0) is 12.8. The van der Waals surface area contributed by atoms with Crippen molar-refractivity contribution < 1.29 is 4.52 Å². The Bertz CT molecular complexity index is 552. The van der Waals surface area contributed by atoms with E-state index in [1.54, 1.807) is 0 Å². The lowest BCUT2D eigenvalue weighted by Crippen LogP contribution is -2.44. The van der Waals surface area contributed by atoms with E-state index in [2.05, 4.69) is 29.1 Å². The monoisotopic (exact) mass is 247 g/mol. The molecule has 0 bridgehead atoms. The molecule has 2 N–H and O–H groups in total. The summed E-state index contributed by atoms with van der Waals surface area (Å²) < 4.78 is 7.11. The van der Waals surface area contributed by atoms with Gasteiger partial charge >= 0.3 is 0 Å². The van der Waals surface area contributed by atoms with Crippen molar-refractivity contribution >= 4 is 0 Å². The molecule has 1 aliphatic rings. The number of hydrogen-bond acceptors (Lipinski definition) is 5. The predicted octanol–water partition coefficient (Wildman–Crippen LogP) is 1.85. The second-order valence-corrected chi connectivity index (χ2v) is 5.21. The minimum absolute atomic E-state index is 0.314. The van der Waals surface area contributed by atoms with E-state index in [1.165, 1.54) is 0 Å². The number of rotatable bonds is 3. The largest absolute Gasteiger partial charge is 0.332 e. The van der Waals surface area contributed by atoms with Crippen molar-refractivity contribution in [1.29, 1.82) is 0 Å². The predicted molar refractivity (Wildman–Crippen MR) is 65.6 cm³/mol. The van der Waals surface area contributed by atoms with Crippen LogP contribution in [0.25, 0.3) is 11.6 Å². The average Bonchev–Trinajstić information content (AvgIpc) is 2.94. The molecule has 0 radical (unpaired) electrons. The number of hydrogen-bond donors (Lipinski definition) is 1. The summed E-state index contributed by atoms with van der Waals surface area (Å²) in [4.78, 5) is 4.37. The third-order valence-corrected chi connectivity index (χ3v) is 3.47. The first-order chi connectivity index (χ1) is 8.58. The molecule has 0 unspecified atom stereocenters. The van der Waals surface area contributed by atoms with Crippen LogP contribution in [-0.4, -0.2) is 19.9 Å². The number of aromatic nitrogens is 4. The van der Waals surface area contributed by atoms with Crippen LogP contribution < -0.4 is 5.73 Å². The smallest absolute Gasteiger partial charge is 0.278 e. The van der Waals surface area contributed by atoms with Crippen LogP contribution in [0.15, 0.2) is 16.8 Å². The molecule has 2 heterocycles. The van der Waals surface area contributed by atoms with Crippen molar-refractivity contribution in [3.8, 4) is 11.6 Å². The fourth-order valence-corrected chi connectivity index (χ4v) is 2.05. The molecule has 2 aromatic rings. The fraction of sp³-hybridized carbons (Fsp3) is 0.583. The Balaban J connectivity index is 1.88. The van der Waals surface area contributed by atoms with Crippen LogP contribution in [-0.2, 0) is 5.54 Å². The van der Waals surface area contributed by atoms with Gasteiger partial charge in [0.2, 0.25) is 0 Å². The maximum Gasteiger partial charge on any atom is 0.278 e. The Labute approximate surface area is 105 Å². The summed E-state index contributed by atoms with van der Waals surface area (Å²) in [6.07, 6.45) is 4.88. The Hall–Kier alpha value is -1.69. The molecule has 0 aliphatic heterocycles. The van der Waals surface area contributed by atoms with Gasteiger partial charge in [0.1, 0.15) is 0 Å². The van der Waals surface area contributed by atoms with Crippen LogP contribution in [0.2, 0.25) is 0 Å². The van der Waals surface area contributed by atoms with Crippen molar-refractivity contribution in [3.05, 3.63) is 18.1 Å². The van der Waals surface area contributed by atoms with Crippen LogP contribution in [0.3, 0.4) is 0 Å². The lowest BCUT2D eigenvalue weighted by molar-refractivity contribution is 0.229. The van der Waals surface area contributed by atoms with Gasteiger partial charge in [0.05, 0.1) is 5.54 Å². The molecular formula is C12H17N5O. The van der Waals surface area contributed by atoms with E-state index in [4.69, 9.17) is 10.3 Å². The van der Waals surface area contributed by atoms with E-state index in [1.807, 2.05) is 16.9 Å². The van der Waals surface area contributed by atoms with Gasteiger partial charge in [-0.25, -0.2) is 0 Å². The normalized spacial score (nSPS) is 18.0. The third-order valence-electron chi connectivity index (χ3n) is 3.47. The van der Waals surface area contributed by atoms with E-state index in [0.29, 0.717) is 23.5 Å². The summed E-state index contributed by atoms with van der Waals surface area (Å²) in [6, 6.07) is 2.19. The van der Waals surface area contributed by atoms with Gasteiger partial charge in [-0.15, -0.1) is 0 Å². The molecule has 6 heteroatoms. The molecule has 18 heavy (non-hydrogen) atoms. The van der Waals surface area contributed by atoms with Crippen LogP contribution >= 0.6 is 0 Å². The number of nitrogens with two attached hydrogens (primary N) is 1. The first-order valence-corrected chi connectivity index (χ1v) is 6.27. The molecule has 6 nitrogen and oxygen atoms in total. The highest BCUT2D eigenvalue weighted by atomic mass is 16.5. The standard InChI is InChI=1S/C12H17N5O/c1-8(2)17-7-4-9(15-17)10-14-11(16-18-10)12(13)5-3-6-12/h4,7-8H,3,5-6,13H2,1-2H3. The molecule has 1 fully saturated rings. The zero-order valence-corrected chi connectivity index (χ0v) is 10.6. The highest BCUT2D eigenvalue weighted by Gasteiger charge is 2.39. The summed E-state index contributed by atoms with van der Waals surface area (Å²) >= 11 is 0. The molecule has 2 aromatic heterocycles. The highest BCUT2D eigenvalue weighted by molar-refractivity contribution is 5.45. The molecular weight excluding hydrogens is 230 g/mol. The van der Waals surface area contributed by atoms with Crippen molar-refractivity contribution in [2.45, 2.75) is 44.7 Å². The quantitative estimate of drug-likeness (QED) is 0.895. The van der Waals surface area contributed by atoms with Crippen molar-refractivity contribution in [2.24, 2.45) is 5.73 Å². The Morgan fingerprint density at radius 3 is 2.78 bits per heavy atom. The lowest BCUT2D eigenvalue weighted by Gasteiger charge is -2.34. The van der Waals surface area contributed by atoms with Gasteiger partial charge in [-0.3, -0.25) is 4.68 Å². The van der Waals surface area contributed by atoms with Crippen LogP contribution in [0.4, 0.5) is 0 Å². The van der Waals surface area contributed by atoms with E-state index < -0.39 is 0 Å². The Morgan fingerprint density at radius 1 is 1.44 bits per heavy atom. The minimum Gasteiger partial charge on any atom is -0.332 e. The van der Waals surface area contributed by atoms with Crippen molar-refractivity contribution in [1.82, 2.24) is 19.9 Å². The first-order valence-electron chi connectivity index (χ1n) is 6.27. The summed E-state index contributed by atoms with van der Waals surface area (Å²) in [5.41, 5.74) is 6.47. The maximum atomic E-state index is 6.16. The van der Waals surface area contributed by atoms with Crippen LogP contribution in [0.1, 0.15) is 45.0 Å². The van der Waals surface area contributed by atoms with Gasteiger partial charge in [0.15, 0.2) is 11.5 Å². The Morgan fingerprint density at radius 2 is 2.22 bits per heavy atom. The molecule has 3 rings (SSSR count). The van der Waals surface area contributed by atoms with Gasteiger partial charge in [-0.1, -0.05) is 5.16 Å². The molecule has 96 valence electrons. The molecule has 0 spiro atoms. The fourth-order valence-electron chi connectivity index (χ4n) is 2.05. The van der Waals surface area contributed by atoms with Crippen LogP contribution in [0.5, 0.6) is 0 Å². The van der Waals surface area contributed by atoms with Crippen molar-refractivity contribution in [3.63, 3.8) is 0 Å². The van der Waals surface area contributed by atoms with E-state index in [0.717, 1.165) is 19.3 Å². The molecule has 0 amide bonds. The molecule has 0 saturated heterocycles. The first kappa shape index (κ1) is 11.4. The zero-order valence-electron chi connectivity index (χ0n) is 10.6. The average molecular weight is 247 g/mol. The van der Waals surface area contributed by atoms with Crippen molar-refractivity contribution in [2.75, 3.05) is 0 Å². The summed E-state index contributed by atoms with van der Waals surface area (Å²) in [6.45, 7) is 4.14. The molecule has 1 aliphatic carbocycles.